The molecule has 3 rings (SSSR count). The van der Waals surface area contributed by atoms with Crippen LogP contribution in [0, 0.1) is 0 Å². The summed E-state index contributed by atoms with van der Waals surface area (Å²) in [6.07, 6.45) is 0.201. The summed E-state index contributed by atoms with van der Waals surface area (Å²) < 4.78 is 0. The first-order valence-electron chi connectivity index (χ1n) is 7.77. The fourth-order valence-corrected chi connectivity index (χ4v) is 2.75. The molecular weight excluding hydrogens is 355 g/mol. The third-order valence-electron chi connectivity index (χ3n) is 3.61. The minimum absolute atomic E-state index is 0.147. The lowest BCUT2D eigenvalue weighted by atomic mass is 10.1. The van der Waals surface area contributed by atoms with Crippen molar-refractivity contribution in [1.82, 2.24) is 5.43 Å². The lowest BCUT2D eigenvalue weighted by Crippen LogP contribution is -2.39. The van der Waals surface area contributed by atoms with Crippen molar-refractivity contribution < 1.29 is 4.79 Å². The van der Waals surface area contributed by atoms with Gasteiger partial charge in [-0.2, -0.15) is 0 Å². The predicted molar refractivity (Wildman–Crippen MR) is 103 cm³/mol. The fraction of sp³-hybridized carbons (Fsp3) is 0.0500. The molecule has 3 aromatic rings. The van der Waals surface area contributed by atoms with E-state index in [1.165, 1.54) is 0 Å². The molecular formula is C20H16Cl2N2O. The number of nitrogens with zero attached hydrogens (tertiary/aromatic N) is 1. The molecule has 0 heterocycles. The second-order valence-electron chi connectivity index (χ2n) is 5.47. The van der Waals surface area contributed by atoms with Gasteiger partial charge < -0.3 is 0 Å². The van der Waals surface area contributed by atoms with Crippen LogP contribution in [-0.2, 0) is 11.2 Å². The monoisotopic (exact) mass is 370 g/mol. The van der Waals surface area contributed by atoms with Gasteiger partial charge in [0.05, 0.1) is 27.8 Å². The van der Waals surface area contributed by atoms with Crippen LogP contribution in [0.25, 0.3) is 0 Å². The Kier molecular flexibility index (Phi) is 5.59. The summed E-state index contributed by atoms with van der Waals surface area (Å²) in [7, 11) is 0. The molecule has 25 heavy (non-hydrogen) atoms. The smallest absolute Gasteiger partial charge is 0.243 e. The number of hydrogen-bond donors (Lipinski definition) is 1. The molecule has 126 valence electrons. The summed E-state index contributed by atoms with van der Waals surface area (Å²) in [5, 5.41) is 2.68. The second-order valence-corrected chi connectivity index (χ2v) is 6.28. The highest BCUT2D eigenvalue weighted by Gasteiger charge is 2.13. The average molecular weight is 371 g/mol. The van der Waals surface area contributed by atoms with Crippen LogP contribution in [0.3, 0.4) is 0 Å². The lowest BCUT2D eigenvalue weighted by Gasteiger charge is -2.25. The van der Waals surface area contributed by atoms with E-state index in [0.29, 0.717) is 10.0 Å². The summed E-state index contributed by atoms with van der Waals surface area (Å²) in [4.78, 5) is 12.5. The van der Waals surface area contributed by atoms with Gasteiger partial charge >= 0.3 is 0 Å². The Balaban J connectivity index is 1.80. The molecule has 0 spiro atoms. The Bertz CT molecular complexity index is 815. The zero-order valence-electron chi connectivity index (χ0n) is 13.3. The number of anilines is 2. The molecule has 3 nitrogen and oxygen atoms in total. The largest absolute Gasteiger partial charge is 0.273 e. The first-order chi connectivity index (χ1) is 12.1. The molecule has 5 heteroatoms. The van der Waals surface area contributed by atoms with E-state index in [0.717, 1.165) is 16.9 Å². The maximum absolute atomic E-state index is 12.5. The van der Waals surface area contributed by atoms with Crippen molar-refractivity contribution in [2.24, 2.45) is 0 Å². The van der Waals surface area contributed by atoms with Crippen LogP contribution >= 0.6 is 23.2 Å². The van der Waals surface area contributed by atoms with Crippen molar-refractivity contribution in [3.05, 3.63) is 94.5 Å². The van der Waals surface area contributed by atoms with Gasteiger partial charge in [-0.25, -0.2) is 0 Å². The third kappa shape index (κ3) is 4.53. The van der Waals surface area contributed by atoms with Gasteiger partial charge in [0.25, 0.3) is 0 Å². The molecule has 0 aromatic heterocycles. The highest BCUT2D eigenvalue weighted by Crippen LogP contribution is 2.24. The normalized spacial score (nSPS) is 10.3. The summed E-state index contributed by atoms with van der Waals surface area (Å²) >= 11 is 11.9. The average Bonchev–Trinajstić information content (AvgIpc) is 2.64. The number of para-hydroxylation sites is 2. The van der Waals surface area contributed by atoms with E-state index in [-0.39, 0.29) is 12.3 Å². The van der Waals surface area contributed by atoms with Crippen LogP contribution < -0.4 is 10.4 Å². The topological polar surface area (TPSA) is 32.3 Å². The highest BCUT2D eigenvalue weighted by atomic mass is 35.5. The Hall–Kier alpha value is -2.49. The predicted octanol–water partition coefficient (Wildman–Crippen LogP) is 5.41. The number of halogens is 2. The lowest BCUT2D eigenvalue weighted by molar-refractivity contribution is -0.120. The molecule has 0 saturated carbocycles. The maximum atomic E-state index is 12.5. The first-order valence-corrected chi connectivity index (χ1v) is 8.53. The molecule has 0 aliphatic rings. The van der Waals surface area contributed by atoms with Crippen molar-refractivity contribution >= 4 is 40.5 Å². The number of benzene rings is 3. The number of hydrazine groups is 1. The molecule has 0 aliphatic carbocycles. The molecule has 0 bridgehead atoms. The Morgan fingerprint density at radius 1 is 0.800 bits per heavy atom. The standard InChI is InChI=1S/C20H16Cl2N2O/c21-18-12-11-15(13-19(18)22)14-20(25)23-24(16-7-3-1-4-8-16)17-9-5-2-6-10-17/h1-13H,14H2,(H,23,25). The molecule has 3 aromatic carbocycles. The van der Waals surface area contributed by atoms with Gasteiger partial charge in [0.15, 0.2) is 0 Å². The van der Waals surface area contributed by atoms with E-state index in [9.17, 15) is 4.79 Å². The zero-order valence-corrected chi connectivity index (χ0v) is 14.8. The minimum atomic E-state index is -0.147. The first kappa shape index (κ1) is 17.3. The SMILES string of the molecule is O=C(Cc1ccc(Cl)c(Cl)c1)NN(c1ccccc1)c1ccccc1. The van der Waals surface area contributed by atoms with Gasteiger partial charge in [0, 0.05) is 0 Å². The van der Waals surface area contributed by atoms with Crippen molar-refractivity contribution in [3.8, 4) is 0 Å². The van der Waals surface area contributed by atoms with Crippen LogP contribution in [0.2, 0.25) is 10.0 Å². The van der Waals surface area contributed by atoms with Crippen LogP contribution in [-0.4, -0.2) is 5.91 Å². The molecule has 0 saturated heterocycles. The van der Waals surface area contributed by atoms with Gasteiger partial charge in [-0.15, -0.1) is 0 Å². The summed E-state index contributed by atoms with van der Waals surface area (Å²) in [5.74, 6) is -0.147. The van der Waals surface area contributed by atoms with Gasteiger partial charge in [-0.3, -0.25) is 15.2 Å². The zero-order chi connectivity index (χ0) is 17.6. The van der Waals surface area contributed by atoms with Gasteiger partial charge in [-0.1, -0.05) is 65.7 Å². The number of nitrogens with one attached hydrogen (secondary N) is 1. The van der Waals surface area contributed by atoms with Crippen LogP contribution in [0.1, 0.15) is 5.56 Å². The summed E-state index contributed by atoms with van der Waals surface area (Å²) in [5.41, 5.74) is 5.49. The fourth-order valence-electron chi connectivity index (χ4n) is 2.43. The Morgan fingerprint density at radius 2 is 1.36 bits per heavy atom. The molecule has 1 N–H and O–H groups in total. The molecule has 1 amide bonds. The Morgan fingerprint density at radius 3 is 1.88 bits per heavy atom. The van der Waals surface area contributed by atoms with E-state index < -0.39 is 0 Å². The van der Waals surface area contributed by atoms with Crippen molar-refractivity contribution in [2.45, 2.75) is 6.42 Å². The number of carbonyl (C=O) groups is 1. The summed E-state index contributed by atoms with van der Waals surface area (Å²) in [6.45, 7) is 0. The van der Waals surface area contributed by atoms with E-state index in [4.69, 9.17) is 23.2 Å². The number of hydrogen-bond acceptors (Lipinski definition) is 2. The Labute approximate surface area is 156 Å². The van der Waals surface area contributed by atoms with Crippen molar-refractivity contribution in [1.29, 1.82) is 0 Å². The number of amides is 1. The second kappa shape index (κ2) is 8.06. The molecule has 0 radical (unpaired) electrons. The third-order valence-corrected chi connectivity index (χ3v) is 4.35. The van der Waals surface area contributed by atoms with E-state index in [1.54, 1.807) is 23.2 Å². The number of rotatable bonds is 5. The van der Waals surface area contributed by atoms with Crippen LogP contribution in [0.5, 0.6) is 0 Å². The van der Waals surface area contributed by atoms with Gasteiger partial charge in [-0.05, 0) is 42.0 Å². The van der Waals surface area contributed by atoms with Crippen LogP contribution in [0.4, 0.5) is 11.4 Å². The molecule has 0 aliphatic heterocycles. The maximum Gasteiger partial charge on any atom is 0.243 e. The minimum Gasteiger partial charge on any atom is -0.273 e. The molecule has 0 atom stereocenters. The molecule has 0 fully saturated rings. The highest BCUT2D eigenvalue weighted by molar-refractivity contribution is 6.42. The molecule has 0 unspecified atom stereocenters. The summed E-state index contributed by atoms with van der Waals surface area (Å²) in [6, 6.07) is 24.5. The quantitative estimate of drug-likeness (QED) is 0.609. The van der Waals surface area contributed by atoms with Gasteiger partial charge in [0.1, 0.15) is 0 Å². The van der Waals surface area contributed by atoms with E-state index >= 15 is 0 Å². The van der Waals surface area contributed by atoms with Crippen LogP contribution in [0.15, 0.2) is 78.9 Å². The van der Waals surface area contributed by atoms with Crippen molar-refractivity contribution in [3.63, 3.8) is 0 Å². The van der Waals surface area contributed by atoms with Gasteiger partial charge in [0.2, 0.25) is 5.91 Å². The van der Waals surface area contributed by atoms with Crippen molar-refractivity contribution in [2.75, 3.05) is 5.01 Å². The van der Waals surface area contributed by atoms with E-state index in [1.807, 2.05) is 60.7 Å². The number of carbonyl (C=O) groups excluding carboxylic acids is 1. The van der Waals surface area contributed by atoms with E-state index in [2.05, 4.69) is 5.43 Å².